The van der Waals surface area contributed by atoms with Gasteiger partial charge in [-0.3, -0.25) is 4.55 Å². The van der Waals surface area contributed by atoms with Gasteiger partial charge in [-0.1, -0.05) is 70.7 Å². The lowest BCUT2D eigenvalue weighted by atomic mass is 9.83. The fraction of sp³-hybridized carbons (Fsp3) is 0.0526. The molecule has 3 aromatic rings. The van der Waals surface area contributed by atoms with Crippen LogP contribution in [0.25, 0.3) is 0 Å². The molecule has 152 valence electrons. The smallest absolute Gasteiger partial charge is 0.283 e. The zero-order valence-electron chi connectivity index (χ0n) is 14.3. The summed E-state index contributed by atoms with van der Waals surface area (Å²) in [6.07, 6.45) is 0. The van der Waals surface area contributed by atoms with Crippen molar-refractivity contribution in [3.63, 3.8) is 0 Å². The summed E-state index contributed by atoms with van der Waals surface area (Å²) in [4.78, 5) is 0. The molecule has 3 N–H and O–H groups in total. The summed E-state index contributed by atoms with van der Waals surface area (Å²) >= 11 is 24.5. The van der Waals surface area contributed by atoms with Gasteiger partial charge in [0, 0.05) is 16.7 Å². The minimum atomic E-state index is -5.08. The maximum atomic E-state index is 13.0. The number of benzene rings is 3. The van der Waals surface area contributed by atoms with Crippen molar-refractivity contribution in [2.45, 2.75) is 4.75 Å². The third-order valence-electron chi connectivity index (χ3n) is 4.39. The van der Waals surface area contributed by atoms with E-state index in [0.717, 1.165) is 6.07 Å². The van der Waals surface area contributed by atoms with Crippen molar-refractivity contribution < 1.29 is 23.2 Å². The second-order valence-electron chi connectivity index (χ2n) is 6.09. The highest BCUT2D eigenvalue weighted by Crippen LogP contribution is 2.53. The van der Waals surface area contributed by atoms with Gasteiger partial charge in [0.25, 0.3) is 10.1 Å². The van der Waals surface area contributed by atoms with Crippen LogP contribution < -0.4 is 0 Å². The molecular weight excluding hydrogens is 482 g/mol. The first-order chi connectivity index (χ1) is 13.5. The first-order valence-electron chi connectivity index (χ1n) is 7.89. The van der Waals surface area contributed by atoms with Gasteiger partial charge in [0.15, 0.2) is 4.75 Å². The van der Waals surface area contributed by atoms with Crippen molar-refractivity contribution in [2.24, 2.45) is 0 Å². The molecular formula is C19H12Cl4O5S. The van der Waals surface area contributed by atoms with Crippen molar-refractivity contribution in [1.29, 1.82) is 0 Å². The summed E-state index contributed by atoms with van der Waals surface area (Å²) in [5.74, 6) is -0.761. The number of phenolic OH excluding ortho intramolecular Hbond substituents is 2. The number of rotatable bonds is 4. The highest BCUT2D eigenvalue weighted by atomic mass is 35.5. The van der Waals surface area contributed by atoms with Crippen LogP contribution in [0.4, 0.5) is 0 Å². The molecule has 0 radical (unpaired) electrons. The van der Waals surface area contributed by atoms with Gasteiger partial charge in [-0.25, -0.2) is 0 Å². The maximum Gasteiger partial charge on any atom is 0.283 e. The average molecular weight is 494 g/mol. The van der Waals surface area contributed by atoms with Crippen molar-refractivity contribution >= 4 is 56.5 Å². The average Bonchev–Trinajstić information content (AvgIpc) is 2.63. The van der Waals surface area contributed by atoms with E-state index in [4.69, 9.17) is 46.4 Å². The molecule has 0 saturated heterocycles. The lowest BCUT2D eigenvalue weighted by Gasteiger charge is -2.34. The summed E-state index contributed by atoms with van der Waals surface area (Å²) in [6.45, 7) is 0. The number of hydrogen-bond acceptors (Lipinski definition) is 4. The Hall–Kier alpha value is -1.67. The number of aromatic hydroxyl groups is 2. The lowest BCUT2D eigenvalue weighted by Crippen LogP contribution is -2.38. The first-order valence-corrected chi connectivity index (χ1v) is 10.8. The van der Waals surface area contributed by atoms with Gasteiger partial charge in [-0.2, -0.15) is 8.42 Å². The monoisotopic (exact) mass is 492 g/mol. The third kappa shape index (κ3) is 3.65. The van der Waals surface area contributed by atoms with E-state index in [2.05, 4.69) is 0 Å². The fourth-order valence-corrected chi connectivity index (χ4v) is 5.51. The molecule has 0 aromatic heterocycles. The van der Waals surface area contributed by atoms with E-state index in [1.54, 1.807) is 0 Å². The van der Waals surface area contributed by atoms with Crippen LogP contribution in [0.3, 0.4) is 0 Å². The van der Waals surface area contributed by atoms with Gasteiger partial charge in [0.1, 0.15) is 11.5 Å². The van der Waals surface area contributed by atoms with E-state index in [1.165, 1.54) is 48.5 Å². The van der Waals surface area contributed by atoms with Crippen LogP contribution in [0, 0.1) is 0 Å². The SMILES string of the molecule is O=S(=O)(O)C(c1ccc(O)cc1)(c1cccc(Cl)c1)c1c(O)cc(Cl)c(Cl)c1Cl. The summed E-state index contributed by atoms with van der Waals surface area (Å²) in [5, 5.41) is 19.8. The van der Waals surface area contributed by atoms with Crippen LogP contribution in [0.5, 0.6) is 11.5 Å². The van der Waals surface area contributed by atoms with E-state index in [-0.39, 0.29) is 37.0 Å². The van der Waals surface area contributed by atoms with Crippen LogP contribution in [-0.2, 0) is 14.9 Å². The molecule has 1 atom stereocenters. The second kappa shape index (κ2) is 7.87. The summed E-state index contributed by atoms with van der Waals surface area (Å²) in [6, 6.07) is 11.7. The van der Waals surface area contributed by atoms with Crippen LogP contribution in [0.15, 0.2) is 54.6 Å². The predicted molar refractivity (Wildman–Crippen MR) is 114 cm³/mol. The molecule has 0 fully saturated rings. The predicted octanol–water partition coefficient (Wildman–Crippen LogP) is 5.89. The van der Waals surface area contributed by atoms with Crippen molar-refractivity contribution in [2.75, 3.05) is 0 Å². The van der Waals surface area contributed by atoms with Gasteiger partial charge in [-0.05, 0) is 35.4 Å². The van der Waals surface area contributed by atoms with Crippen molar-refractivity contribution in [3.05, 3.63) is 91.4 Å². The van der Waals surface area contributed by atoms with E-state index in [9.17, 15) is 23.2 Å². The van der Waals surface area contributed by atoms with Crippen LogP contribution in [-0.4, -0.2) is 23.2 Å². The molecule has 0 bridgehead atoms. The zero-order valence-corrected chi connectivity index (χ0v) is 18.1. The molecule has 29 heavy (non-hydrogen) atoms. The highest BCUT2D eigenvalue weighted by Gasteiger charge is 2.52. The summed E-state index contributed by atoms with van der Waals surface area (Å²) < 4.78 is 34.0. The van der Waals surface area contributed by atoms with Gasteiger partial charge >= 0.3 is 0 Å². The molecule has 0 saturated carbocycles. The normalized spacial score (nSPS) is 13.8. The summed E-state index contributed by atoms with van der Waals surface area (Å²) in [7, 11) is -5.08. The highest BCUT2D eigenvalue weighted by molar-refractivity contribution is 7.87. The van der Waals surface area contributed by atoms with Gasteiger partial charge < -0.3 is 10.2 Å². The Morgan fingerprint density at radius 1 is 0.793 bits per heavy atom. The van der Waals surface area contributed by atoms with Crippen molar-refractivity contribution in [1.82, 2.24) is 0 Å². The molecule has 0 spiro atoms. The Balaban J connectivity index is 2.62. The maximum absolute atomic E-state index is 13.0. The standard InChI is InChI=1S/C19H12Cl4O5S/c20-12-3-1-2-11(8-12)19(29(26,27)28,10-4-6-13(24)7-5-10)16-15(25)9-14(21)17(22)18(16)23/h1-9,24-25H,(H,26,27,28). The molecule has 3 rings (SSSR count). The Morgan fingerprint density at radius 3 is 1.97 bits per heavy atom. The Bertz CT molecular complexity index is 1200. The largest absolute Gasteiger partial charge is 0.508 e. The van der Waals surface area contributed by atoms with Gasteiger partial charge in [0.05, 0.1) is 15.1 Å². The Kier molecular flexibility index (Phi) is 5.98. The van der Waals surface area contributed by atoms with E-state index >= 15 is 0 Å². The minimum Gasteiger partial charge on any atom is -0.508 e. The molecule has 0 aliphatic rings. The lowest BCUT2D eigenvalue weighted by molar-refractivity contribution is 0.440. The molecule has 1 unspecified atom stereocenters. The number of hydrogen-bond donors (Lipinski definition) is 3. The van der Waals surface area contributed by atoms with Crippen LogP contribution in [0.2, 0.25) is 20.1 Å². The van der Waals surface area contributed by atoms with E-state index in [1.807, 2.05) is 0 Å². The van der Waals surface area contributed by atoms with Crippen molar-refractivity contribution in [3.8, 4) is 11.5 Å². The fourth-order valence-electron chi connectivity index (χ4n) is 3.20. The van der Waals surface area contributed by atoms with Gasteiger partial charge in [-0.15, -0.1) is 0 Å². The Labute approximate surface area is 186 Å². The topological polar surface area (TPSA) is 94.8 Å². The minimum absolute atomic E-state index is 0.0196. The van der Waals surface area contributed by atoms with Crippen LogP contribution in [0.1, 0.15) is 16.7 Å². The first kappa shape index (κ1) is 22.0. The molecule has 3 aromatic carbocycles. The van der Waals surface area contributed by atoms with Gasteiger partial charge in [0.2, 0.25) is 0 Å². The molecule has 5 nitrogen and oxygen atoms in total. The molecule has 0 heterocycles. The van der Waals surface area contributed by atoms with Crippen LogP contribution >= 0.6 is 46.4 Å². The second-order valence-corrected chi connectivity index (χ2v) is 9.26. The number of halogens is 4. The number of phenols is 2. The summed E-state index contributed by atoms with van der Waals surface area (Å²) in [5.41, 5.74) is -0.464. The quantitative estimate of drug-likeness (QED) is 0.239. The third-order valence-corrected chi connectivity index (χ3v) is 7.33. The molecule has 0 aliphatic heterocycles. The molecule has 10 heteroatoms. The van der Waals surface area contributed by atoms with E-state index in [0.29, 0.717) is 0 Å². The molecule has 0 aliphatic carbocycles. The molecule has 0 amide bonds. The van der Waals surface area contributed by atoms with E-state index < -0.39 is 26.2 Å². The Morgan fingerprint density at radius 2 is 1.41 bits per heavy atom. The zero-order chi connectivity index (χ0) is 21.6.